The van der Waals surface area contributed by atoms with Crippen LogP contribution in [0.15, 0.2) is 30.3 Å². The molecule has 3 amide bonds. The summed E-state index contributed by atoms with van der Waals surface area (Å²) in [4.78, 5) is 44.2. The van der Waals surface area contributed by atoms with Crippen LogP contribution in [-0.2, 0) is 31.0 Å². The van der Waals surface area contributed by atoms with Gasteiger partial charge in [0.2, 0.25) is 27.7 Å². The Kier molecular flexibility index (Phi) is 9.33. The molecule has 2 saturated heterocycles. The number of carbonyl (C=O) groups is 3. The molecule has 3 fully saturated rings. The minimum absolute atomic E-state index is 0.0145. The fourth-order valence-electron chi connectivity index (χ4n) is 6.55. The Morgan fingerprint density at radius 3 is 2.36 bits per heavy atom. The Morgan fingerprint density at radius 2 is 1.74 bits per heavy atom. The van der Waals surface area contributed by atoms with Crippen molar-refractivity contribution in [2.45, 2.75) is 76.2 Å². The first-order valence-corrected chi connectivity index (χ1v) is 15.9. The Balaban J connectivity index is 1.61. The van der Waals surface area contributed by atoms with Gasteiger partial charge in [0.05, 0.1) is 24.3 Å². The summed E-state index contributed by atoms with van der Waals surface area (Å²) < 4.78 is 26.9. The van der Waals surface area contributed by atoms with Crippen molar-refractivity contribution in [1.29, 1.82) is 0 Å². The van der Waals surface area contributed by atoms with Crippen LogP contribution in [0.4, 0.5) is 0 Å². The summed E-state index contributed by atoms with van der Waals surface area (Å²) in [5.41, 5.74) is 0.973. The molecular formula is C28H43N5O5S. The van der Waals surface area contributed by atoms with Gasteiger partial charge in [0.1, 0.15) is 6.04 Å². The third-order valence-electron chi connectivity index (χ3n) is 8.76. The third kappa shape index (κ3) is 6.47. The van der Waals surface area contributed by atoms with Crippen molar-refractivity contribution >= 4 is 27.7 Å². The standard InChI is InChI=1S/C28H43N5O5S/c1-19(29-2)26(34)30-24(21-13-9-6-10-14-21)28(36)32-16-15-23-25(32)22(18-33(23)39(4,37)38)27(35)31(3)17-20-11-7-5-8-12-20/h5,7-8,11-12,19,21-25,29H,6,9-10,13-18H2,1-4H3,(H,30,34). The minimum Gasteiger partial charge on any atom is -0.343 e. The van der Waals surface area contributed by atoms with Gasteiger partial charge in [-0.15, -0.1) is 0 Å². The molecule has 1 saturated carbocycles. The maximum atomic E-state index is 14.2. The van der Waals surface area contributed by atoms with E-state index in [-0.39, 0.29) is 30.2 Å². The molecule has 1 aromatic carbocycles. The van der Waals surface area contributed by atoms with E-state index in [4.69, 9.17) is 0 Å². The number of rotatable bonds is 9. The van der Waals surface area contributed by atoms with Gasteiger partial charge in [-0.1, -0.05) is 49.6 Å². The lowest BCUT2D eigenvalue weighted by Gasteiger charge is -2.37. The van der Waals surface area contributed by atoms with Gasteiger partial charge in [-0.05, 0) is 44.7 Å². The normalized spacial score (nSPS) is 25.6. The van der Waals surface area contributed by atoms with Crippen LogP contribution in [0.25, 0.3) is 0 Å². The van der Waals surface area contributed by atoms with Crippen molar-refractivity contribution < 1.29 is 22.8 Å². The molecule has 5 unspecified atom stereocenters. The molecule has 216 valence electrons. The maximum absolute atomic E-state index is 14.2. The van der Waals surface area contributed by atoms with Gasteiger partial charge in [-0.25, -0.2) is 8.42 Å². The number of likely N-dealkylation sites (N-methyl/N-ethyl adjacent to an activating group) is 1. The molecule has 0 bridgehead atoms. The van der Waals surface area contributed by atoms with Crippen molar-refractivity contribution in [1.82, 2.24) is 24.7 Å². The van der Waals surface area contributed by atoms with Crippen molar-refractivity contribution in [3.8, 4) is 0 Å². The number of amides is 3. The largest absolute Gasteiger partial charge is 0.343 e. The van der Waals surface area contributed by atoms with E-state index in [1.165, 1.54) is 10.6 Å². The number of fused-ring (bicyclic) bond motifs is 1. The number of hydrogen-bond acceptors (Lipinski definition) is 6. The van der Waals surface area contributed by atoms with Gasteiger partial charge >= 0.3 is 0 Å². The number of likely N-dealkylation sites (tertiary alicyclic amines) is 1. The monoisotopic (exact) mass is 561 g/mol. The molecule has 0 spiro atoms. The molecule has 4 rings (SSSR count). The fourth-order valence-corrected chi connectivity index (χ4v) is 7.71. The molecule has 5 atom stereocenters. The predicted octanol–water partition coefficient (Wildman–Crippen LogP) is 1.18. The van der Waals surface area contributed by atoms with Crippen LogP contribution >= 0.6 is 0 Å². The molecule has 11 heteroatoms. The Hall–Kier alpha value is -2.50. The first-order valence-electron chi connectivity index (χ1n) is 14.1. The lowest BCUT2D eigenvalue weighted by Crippen LogP contribution is -2.58. The van der Waals surface area contributed by atoms with Crippen LogP contribution in [0.1, 0.15) is 51.0 Å². The average Bonchev–Trinajstić information content (AvgIpc) is 3.52. The predicted molar refractivity (Wildman–Crippen MR) is 149 cm³/mol. The summed E-state index contributed by atoms with van der Waals surface area (Å²) >= 11 is 0. The molecule has 0 aromatic heterocycles. The summed E-state index contributed by atoms with van der Waals surface area (Å²) in [5.74, 6) is -1.28. The summed E-state index contributed by atoms with van der Waals surface area (Å²) in [5, 5.41) is 5.95. The van der Waals surface area contributed by atoms with Crippen molar-refractivity contribution in [2.75, 3.05) is 33.4 Å². The molecule has 39 heavy (non-hydrogen) atoms. The smallest absolute Gasteiger partial charge is 0.245 e. The van der Waals surface area contributed by atoms with Gasteiger partial charge in [0, 0.05) is 32.7 Å². The van der Waals surface area contributed by atoms with Gasteiger partial charge in [0.25, 0.3) is 0 Å². The SMILES string of the molecule is CNC(C)C(=O)NC(C(=O)N1CCC2C1C(C(=O)N(C)Cc1ccccc1)CN2S(C)(=O)=O)C1CCCCC1. The van der Waals surface area contributed by atoms with Gasteiger partial charge < -0.3 is 20.4 Å². The summed E-state index contributed by atoms with van der Waals surface area (Å²) in [6.07, 6.45) is 6.46. The highest BCUT2D eigenvalue weighted by Crippen LogP contribution is 2.39. The van der Waals surface area contributed by atoms with Crippen LogP contribution in [0, 0.1) is 11.8 Å². The van der Waals surface area contributed by atoms with E-state index in [1.54, 1.807) is 30.8 Å². The topological polar surface area (TPSA) is 119 Å². The van der Waals surface area contributed by atoms with Crippen molar-refractivity contribution in [3.05, 3.63) is 35.9 Å². The number of carbonyl (C=O) groups excluding carboxylic acids is 3. The van der Waals surface area contributed by atoms with E-state index in [2.05, 4.69) is 10.6 Å². The van der Waals surface area contributed by atoms with Crippen molar-refractivity contribution in [2.24, 2.45) is 11.8 Å². The van der Waals surface area contributed by atoms with Gasteiger partial charge in [-0.2, -0.15) is 4.31 Å². The van der Waals surface area contributed by atoms with E-state index < -0.39 is 40.1 Å². The maximum Gasteiger partial charge on any atom is 0.245 e. The van der Waals surface area contributed by atoms with E-state index >= 15 is 0 Å². The average molecular weight is 562 g/mol. The molecule has 0 radical (unpaired) electrons. The third-order valence-corrected chi connectivity index (χ3v) is 10.0. The number of nitrogens with one attached hydrogen (secondary N) is 2. The van der Waals surface area contributed by atoms with Crippen LogP contribution < -0.4 is 10.6 Å². The van der Waals surface area contributed by atoms with E-state index in [0.717, 1.165) is 37.7 Å². The van der Waals surface area contributed by atoms with Crippen LogP contribution in [0.5, 0.6) is 0 Å². The van der Waals surface area contributed by atoms with Crippen LogP contribution in [0.3, 0.4) is 0 Å². The second-order valence-corrected chi connectivity index (χ2v) is 13.3. The molecule has 2 aliphatic heterocycles. The molecule has 2 N–H and O–H groups in total. The number of benzene rings is 1. The first-order chi connectivity index (χ1) is 18.5. The minimum atomic E-state index is -3.58. The van der Waals surface area contributed by atoms with Crippen LogP contribution in [0.2, 0.25) is 0 Å². The van der Waals surface area contributed by atoms with E-state index in [1.807, 2.05) is 30.3 Å². The molecule has 3 aliphatic rings. The molecular weight excluding hydrogens is 518 g/mol. The molecule has 1 aromatic rings. The quantitative estimate of drug-likeness (QED) is 0.467. The zero-order valence-corrected chi connectivity index (χ0v) is 24.3. The van der Waals surface area contributed by atoms with Crippen molar-refractivity contribution in [3.63, 3.8) is 0 Å². The van der Waals surface area contributed by atoms with Gasteiger partial charge in [0.15, 0.2) is 0 Å². The zero-order valence-electron chi connectivity index (χ0n) is 23.5. The lowest BCUT2D eigenvalue weighted by molar-refractivity contribution is -0.143. The van der Waals surface area contributed by atoms with E-state index in [9.17, 15) is 22.8 Å². The number of hydrogen-bond donors (Lipinski definition) is 2. The highest BCUT2D eigenvalue weighted by Gasteiger charge is 2.56. The first kappa shape index (κ1) is 29.5. The highest BCUT2D eigenvalue weighted by atomic mass is 32.2. The summed E-state index contributed by atoms with van der Waals surface area (Å²) in [7, 11) is -0.162. The fraction of sp³-hybridized carbons (Fsp3) is 0.679. The Labute approximate surface area is 232 Å². The molecule has 2 heterocycles. The number of sulfonamides is 1. The Morgan fingerprint density at radius 1 is 1.08 bits per heavy atom. The summed E-state index contributed by atoms with van der Waals surface area (Å²) in [6, 6.07) is 7.45. The van der Waals surface area contributed by atoms with E-state index in [0.29, 0.717) is 19.5 Å². The number of nitrogens with zero attached hydrogens (tertiary/aromatic N) is 3. The molecule has 1 aliphatic carbocycles. The van der Waals surface area contributed by atoms with Crippen LogP contribution in [-0.4, -0.2) is 97.9 Å². The second-order valence-electron chi connectivity index (χ2n) is 11.4. The molecule has 10 nitrogen and oxygen atoms in total. The highest BCUT2D eigenvalue weighted by molar-refractivity contribution is 7.88. The Bertz CT molecular complexity index is 1140. The second kappa shape index (κ2) is 12.3. The van der Waals surface area contributed by atoms with Gasteiger partial charge in [-0.3, -0.25) is 14.4 Å². The zero-order chi connectivity index (χ0) is 28.3. The lowest BCUT2D eigenvalue weighted by atomic mass is 9.83. The summed E-state index contributed by atoms with van der Waals surface area (Å²) in [6.45, 7) is 2.55.